The number of hydrogen-bond acceptors (Lipinski definition) is 3. The number of carbonyl (C=O) groups excluding carboxylic acids is 1. The van der Waals surface area contributed by atoms with Gasteiger partial charge in [-0.15, -0.1) is 0 Å². The molecule has 0 saturated carbocycles. The van der Waals surface area contributed by atoms with E-state index in [4.69, 9.17) is 0 Å². The molecule has 0 radical (unpaired) electrons. The van der Waals surface area contributed by atoms with Gasteiger partial charge >= 0.3 is 0 Å². The summed E-state index contributed by atoms with van der Waals surface area (Å²) in [5, 5.41) is 10.2. The number of carbonyl (C=O) groups is 1. The standard InChI is InChI=1S/C14H18N4O/c1-2-15-9-7-14(19)17-12-5-3-6-13(11-12)18-10-4-8-16-18/h3-6,8,10-11,15H,2,7,9H2,1H3,(H,17,19). The van der Waals surface area contributed by atoms with Crippen molar-refractivity contribution in [2.75, 3.05) is 18.4 Å². The summed E-state index contributed by atoms with van der Waals surface area (Å²) in [5.41, 5.74) is 1.71. The Bertz CT molecular complexity index is 522. The molecule has 2 N–H and O–H groups in total. The number of anilines is 1. The van der Waals surface area contributed by atoms with E-state index in [1.165, 1.54) is 0 Å². The molecule has 1 amide bonds. The molecule has 100 valence electrons. The zero-order valence-electron chi connectivity index (χ0n) is 11.0. The van der Waals surface area contributed by atoms with E-state index in [-0.39, 0.29) is 5.91 Å². The molecule has 19 heavy (non-hydrogen) atoms. The van der Waals surface area contributed by atoms with Crippen molar-refractivity contribution < 1.29 is 4.79 Å². The fourth-order valence-electron chi connectivity index (χ4n) is 1.75. The van der Waals surface area contributed by atoms with Gasteiger partial charge in [0, 0.05) is 31.0 Å². The van der Waals surface area contributed by atoms with Gasteiger partial charge in [-0.1, -0.05) is 13.0 Å². The molecule has 0 saturated heterocycles. The minimum Gasteiger partial charge on any atom is -0.326 e. The summed E-state index contributed by atoms with van der Waals surface area (Å²) in [5.74, 6) is 0.0126. The van der Waals surface area contributed by atoms with Crippen molar-refractivity contribution in [3.63, 3.8) is 0 Å². The largest absolute Gasteiger partial charge is 0.326 e. The van der Waals surface area contributed by atoms with Crippen molar-refractivity contribution in [2.24, 2.45) is 0 Å². The van der Waals surface area contributed by atoms with E-state index in [9.17, 15) is 4.79 Å². The topological polar surface area (TPSA) is 59.0 Å². The first-order chi connectivity index (χ1) is 9.29. The Hall–Kier alpha value is -2.14. The molecule has 1 aromatic carbocycles. The fraction of sp³-hybridized carbons (Fsp3) is 0.286. The molecule has 0 bridgehead atoms. The van der Waals surface area contributed by atoms with Gasteiger partial charge in [-0.05, 0) is 30.8 Å². The molecule has 5 heteroatoms. The minimum absolute atomic E-state index is 0.0126. The third-order valence-corrected chi connectivity index (χ3v) is 2.68. The van der Waals surface area contributed by atoms with Crippen LogP contribution in [0.2, 0.25) is 0 Å². The van der Waals surface area contributed by atoms with E-state index >= 15 is 0 Å². The second-order valence-corrected chi connectivity index (χ2v) is 4.15. The summed E-state index contributed by atoms with van der Waals surface area (Å²) in [7, 11) is 0. The minimum atomic E-state index is 0.0126. The summed E-state index contributed by atoms with van der Waals surface area (Å²) < 4.78 is 1.76. The van der Waals surface area contributed by atoms with E-state index in [1.807, 2.05) is 43.5 Å². The highest BCUT2D eigenvalue weighted by Gasteiger charge is 2.03. The molecule has 0 aliphatic heterocycles. The number of benzene rings is 1. The average molecular weight is 258 g/mol. The van der Waals surface area contributed by atoms with Crippen LogP contribution in [0.1, 0.15) is 13.3 Å². The number of nitrogens with zero attached hydrogens (tertiary/aromatic N) is 2. The molecule has 0 unspecified atom stereocenters. The molecule has 2 aromatic rings. The Balaban J connectivity index is 1.97. The maximum atomic E-state index is 11.7. The van der Waals surface area contributed by atoms with Gasteiger partial charge in [-0.3, -0.25) is 4.79 Å². The van der Waals surface area contributed by atoms with E-state index < -0.39 is 0 Å². The summed E-state index contributed by atoms with van der Waals surface area (Å²) in [4.78, 5) is 11.7. The molecule has 1 aromatic heterocycles. The van der Waals surface area contributed by atoms with E-state index in [2.05, 4.69) is 15.7 Å². The van der Waals surface area contributed by atoms with Crippen LogP contribution in [0.25, 0.3) is 5.69 Å². The van der Waals surface area contributed by atoms with Gasteiger partial charge in [-0.25, -0.2) is 4.68 Å². The van der Waals surface area contributed by atoms with Crippen LogP contribution in [0, 0.1) is 0 Å². The lowest BCUT2D eigenvalue weighted by atomic mass is 10.2. The van der Waals surface area contributed by atoms with Crippen LogP contribution in [0.4, 0.5) is 5.69 Å². The second-order valence-electron chi connectivity index (χ2n) is 4.15. The van der Waals surface area contributed by atoms with Crippen LogP contribution in [-0.2, 0) is 4.79 Å². The summed E-state index contributed by atoms with van der Waals surface area (Å²) in [6, 6.07) is 9.48. The molecule has 0 fully saturated rings. The highest BCUT2D eigenvalue weighted by Crippen LogP contribution is 2.13. The first kappa shape index (κ1) is 13.3. The second kappa shape index (κ2) is 6.70. The molecule has 0 atom stereocenters. The predicted molar refractivity (Wildman–Crippen MR) is 75.4 cm³/mol. The first-order valence-corrected chi connectivity index (χ1v) is 6.40. The fourth-order valence-corrected chi connectivity index (χ4v) is 1.75. The Kier molecular flexibility index (Phi) is 4.69. The lowest BCUT2D eigenvalue weighted by Gasteiger charge is -2.07. The van der Waals surface area contributed by atoms with Gasteiger partial charge in [0.15, 0.2) is 0 Å². The highest BCUT2D eigenvalue weighted by atomic mass is 16.1. The van der Waals surface area contributed by atoms with Crippen molar-refractivity contribution in [1.82, 2.24) is 15.1 Å². The Morgan fingerprint density at radius 3 is 3.00 bits per heavy atom. The van der Waals surface area contributed by atoms with E-state index in [0.29, 0.717) is 13.0 Å². The van der Waals surface area contributed by atoms with Crippen LogP contribution in [0.15, 0.2) is 42.7 Å². The Morgan fingerprint density at radius 2 is 2.26 bits per heavy atom. The molecular formula is C14H18N4O. The van der Waals surface area contributed by atoms with Gasteiger partial charge in [0.25, 0.3) is 0 Å². The molecule has 0 spiro atoms. The van der Waals surface area contributed by atoms with Crippen LogP contribution in [0.5, 0.6) is 0 Å². The van der Waals surface area contributed by atoms with Gasteiger partial charge < -0.3 is 10.6 Å². The summed E-state index contributed by atoms with van der Waals surface area (Å²) in [6.45, 7) is 3.59. The zero-order valence-corrected chi connectivity index (χ0v) is 11.0. The molecule has 0 aliphatic rings. The van der Waals surface area contributed by atoms with E-state index in [1.54, 1.807) is 10.9 Å². The third-order valence-electron chi connectivity index (χ3n) is 2.68. The van der Waals surface area contributed by atoms with Crippen LogP contribution in [0.3, 0.4) is 0 Å². The smallest absolute Gasteiger partial charge is 0.225 e. The Labute approximate surface area is 112 Å². The lowest BCUT2D eigenvalue weighted by molar-refractivity contribution is -0.116. The van der Waals surface area contributed by atoms with Crippen molar-refractivity contribution in [1.29, 1.82) is 0 Å². The number of nitrogens with one attached hydrogen (secondary N) is 2. The quantitative estimate of drug-likeness (QED) is 0.777. The predicted octanol–water partition coefficient (Wildman–Crippen LogP) is 1.81. The molecule has 2 rings (SSSR count). The van der Waals surface area contributed by atoms with Crippen molar-refractivity contribution in [2.45, 2.75) is 13.3 Å². The average Bonchev–Trinajstić information content (AvgIpc) is 2.93. The van der Waals surface area contributed by atoms with Crippen molar-refractivity contribution in [3.8, 4) is 5.69 Å². The number of amides is 1. The van der Waals surface area contributed by atoms with Crippen molar-refractivity contribution >= 4 is 11.6 Å². The monoisotopic (exact) mass is 258 g/mol. The molecule has 0 aliphatic carbocycles. The maximum Gasteiger partial charge on any atom is 0.225 e. The third kappa shape index (κ3) is 3.93. The maximum absolute atomic E-state index is 11.7. The van der Waals surface area contributed by atoms with Crippen molar-refractivity contribution in [3.05, 3.63) is 42.7 Å². The van der Waals surface area contributed by atoms with Crippen LogP contribution < -0.4 is 10.6 Å². The number of aromatic nitrogens is 2. The highest BCUT2D eigenvalue weighted by molar-refractivity contribution is 5.91. The number of rotatable bonds is 6. The van der Waals surface area contributed by atoms with Crippen LogP contribution in [-0.4, -0.2) is 28.8 Å². The first-order valence-electron chi connectivity index (χ1n) is 6.40. The van der Waals surface area contributed by atoms with Gasteiger partial charge in [0.2, 0.25) is 5.91 Å². The van der Waals surface area contributed by atoms with Gasteiger partial charge in [0.1, 0.15) is 0 Å². The zero-order chi connectivity index (χ0) is 13.5. The summed E-state index contributed by atoms with van der Waals surface area (Å²) >= 11 is 0. The normalized spacial score (nSPS) is 10.4. The van der Waals surface area contributed by atoms with Crippen LogP contribution >= 0.6 is 0 Å². The summed E-state index contributed by atoms with van der Waals surface area (Å²) in [6.07, 6.45) is 4.06. The molecule has 1 heterocycles. The van der Waals surface area contributed by atoms with E-state index in [0.717, 1.165) is 17.9 Å². The SMILES string of the molecule is CCNCCC(=O)Nc1cccc(-n2cccn2)c1. The lowest BCUT2D eigenvalue weighted by Crippen LogP contribution is -2.21. The molecule has 5 nitrogen and oxygen atoms in total. The van der Waals surface area contributed by atoms with Gasteiger partial charge in [0.05, 0.1) is 5.69 Å². The van der Waals surface area contributed by atoms with Gasteiger partial charge in [-0.2, -0.15) is 5.10 Å². The molecular weight excluding hydrogens is 240 g/mol. The Morgan fingerprint density at radius 1 is 1.37 bits per heavy atom. The number of hydrogen-bond donors (Lipinski definition) is 2.